The number of hydrogen-bond acceptors (Lipinski definition) is 6. The van der Waals surface area contributed by atoms with Gasteiger partial charge in [0.2, 0.25) is 15.9 Å². The first-order chi connectivity index (χ1) is 11.2. The molecular formula is C14H20N2O7S. The summed E-state index contributed by atoms with van der Waals surface area (Å²) in [6.45, 7) is 3.39. The van der Waals surface area contributed by atoms with Crippen molar-refractivity contribution in [3.8, 4) is 0 Å². The molecule has 2 rings (SSSR count). The number of amides is 1. The van der Waals surface area contributed by atoms with Crippen LogP contribution in [-0.4, -0.2) is 74.5 Å². The Morgan fingerprint density at radius 2 is 1.75 bits per heavy atom. The zero-order valence-electron chi connectivity index (χ0n) is 13.7. The second-order valence-electron chi connectivity index (χ2n) is 5.44. The van der Waals surface area contributed by atoms with Crippen molar-refractivity contribution in [1.29, 1.82) is 0 Å². The van der Waals surface area contributed by atoms with Gasteiger partial charge in [-0.25, -0.2) is 13.2 Å². The Hall–Kier alpha value is -1.91. The Morgan fingerprint density at radius 1 is 1.17 bits per heavy atom. The van der Waals surface area contributed by atoms with Crippen LogP contribution in [0.15, 0.2) is 9.31 Å². The van der Waals surface area contributed by atoms with Gasteiger partial charge in [-0.15, -0.1) is 0 Å². The average Bonchev–Trinajstić information content (AvgIpc) is 2.83. The molecule has 2 heterocycles. The fourth-order valence-corrected chi connectivity index (χ4v) is 4.54. The maximum Gasteiger partial charge on any atom is 0.340 e. The number of carbonyl (C=O) groups excluding carboxylic acids is 1. The number of carboxylic acids is 1. The van der Waals surface area contributed by atoms with Gasteiger partial charge in [0.25, 0.3) is 0 Å². The lowest BCUT2D eigenvalue weighted by molar-refractivity contribution is -0.136. The van der Waals surface area contributed by atoms with E-state index < -0.39 is 16.0 Å². The molecule has 1 N–H and O–H groups in total. The van der Waals surface area contributed by atoms with E-state index in [1.165, 1.54) is 30.2 Å². The van der Waals surface area contributed by atoms with Gasteiger partial charge >= 0.3 is 5.97 Å². The highest BCUT2D eigenvalue weighted by Gasteiger charge is 2.37. The molecule has 1 saturated heterocycles. The fraction of sp³-hybridized carbons (Fsp3) is 0.571. The molecule has 0 spiro atoms. The summed E-state index contributed by atoms with van der Waals surface area (Å²) in [6, 6.07) is 0. The number of nitrogens with zero attached hydrogens (tertiary/aromatic N) is 2. The van der Waals surface area contributed by atoms with Crippen LogP contribution < -0.4 is 0 Å². The largest absolute Gasteiger partial charge is 0.478 e. The van der Waals surface area contributed by atoms with E-state index in [2.05, 4.69) is 0 Å². The molecule has 9 nitrogen and oxygen atoms in total. The van der Waals surface area contributed by atoms with Crippen molar-refractivity contribution in [1.82, 2.24) is 9.21 Å². The van der Waals surface area contributed by atoms with E-state index in [0.717, 1.165) is 0 Å². The molecule has 1 aromatic rings. The highest BCUT2D eigenvalue weighted by atomic mass is 32.2. The Kier molecular flexibility index (Phi) is 5.31. The first-order valence-electron chi connectivity index (χ1n) is 7.30. The highest BCUT2D eigenvalue weighted by Crippen LogP contribution is 2.29. The van der Waals surface area contributed by atoms with Crippen LogP contribution in [0, 0.1) is 13.8 Å². The van der Waals surface area contributed by atoms with Crippen LogP contribution in [0.25, 0.3) is 0 Å². The fourth-order valence-electron chi connectivity index (χ4n) is 2.74. The Balaban J connectivity index is 2.25. The molecule has 0 saturated carbocycles. The molecule has 1 amide bonds. The SMILES string of the molecule is COCC(=O)N1CCN(S(=O)(=O)c2c(C)oc(C)c2C(=O)O)CC1. The third-order valence-corrected chi connectivity index (χ3v) is 5.93. The summed E-state index contributed by atoms with van der Waals surface area (Å²) in [5, 5.41) is 9.29. The smallest absolute Gasteiger partial charge is 0.340 e. The van der Waals surface area contributed by atoms with Gasteiger partial charge in [-0.1, -0.05) is 0 Å². The standard InChI is InChI=1S/C14H20N2O7S/c1-9-12(14(18)19)13(10(2)23-9)24(20,21)16-6-4-15(5-7-16)11(17)8-22-3/h4-8H2,1-3H3,(H,18,19). The van der Waals surface area contributed by atoms with Crippen molar-refractivity contribution in [3.05, 3.63) is 17.1 Å². The van der Waals surface area contributed by atoms with E-state index >= 15 is 0 Å². The van der Waals surface area contributed by atoms with E-state index in [1.54, 1.807) is 0 Å². The predicted molar refractivity (Wildman–Crippen MR) is 82.4 cm³/mol. The summed E-state index contributed by atoms with van der Waals surface area (Å²) >= 11 is 0. The summed E-state index contributed by atoms with van der Waals surface area (Å²) in [7, 11) is -2.61. The Labute approximate surface area is 139 Å². The molecule has 0 atom stereocenters. The first kappa shape index (κ1) is 18.4. The molecule has 1 aliphatic rings. The number of carboxylic acid groups (broad SMARTS) is 1. The van der Waals surface area contributed by atoms with E-state index in [9.17, 15) is 23.1 Å². The molecular weight excluding hydrogens is 340 g/mol. The molecule has 0 unspecified atom stereocenters. The van der Waals surface area contributed by atoms with Gasteiger partial charge in [0.1, 0.15) is 28.6 Å². The number of methoxy groups -OCH3 is 1. The minimum Gasteiger partial charge on any atom is -0.478 e. The van der Waals surface area contributed by atoms with Crippen molar-refractivity contribution < 1.29 is 32.3 Å². The lowest BCUT2D eigenvalue weighted by Crippen LogP contribution is -2.51. The monoisotopic (exact) mass is 360 g/mol. The van der Waals surface area contributed by atoms with Crippen LogP contribution in [0.5, 0.6) is 0 Å². The molecule has 10 heteroatoms. The van der Waals surface area contributed by atoms with Gasteiger partial charge in [-0.3, -0.25) is 4.79 Å². The number of aromatic carboxylic acids is 1. The lowest BCUT2D eigenvalue weighted by Gasteiger charge is -2.33. The minimum absolute atomic E-state index is 0.0442. The molecule has 0 radical (unpaired) electrons. The molecule has 0 aromatic carbocycles. The summed E-state index contributed by atoms with van der Waals surface area (Å²) in [6.07, 6.45) is 0. The predicted octanol–water partition coefficient (Wildman–Crippen LogP) is 0.0739. The topological polar surface area (TPSA) is 117 Å². The Bertz CT molecular complexity index is 745. The van der Waals surface area contributed by atoms with Crippen LogP contribution in [0.3, 0.4) is 0 Å². The quantitative estimate of drug-likeness (QED) is 0.790. The molecule has 0 aliphatic carbocycles. The second kappa shape index (κ2) is 6.91. The molecule has 24 heavy (non-hydrogen) atoms. The number of furan rings is 1. The third kappa shape index (κ3) is 3.30. The van der Waals surface area contributed by atoms with Crippen LogP contribution >= 0.6 is 0 Å². The lowest BCUT2D eigenvalue weighted by atomic mass is 10.2. The number of hydrogen-bond donors (Lipinski definition) is 1. The maximum absolute atomic E-state index is 12.8. The van der Waals surface area contributed by atoms with Gasteiger partial charge in [0.05, 0.1) is 0 Å². The third-order valence-electron chi connectivity index (χ3n) is 3.88. The normalized spacial score (nSPS) is 16.4. The van der Waals surface area contributed by atoms with Crippen molar-refractivity contribution >= 4 is 21.9 Å². The number of carbonyl (C=O) groups is 2. The van der Waals surface area contributed by atoms with Crippen LogP contribution in [0.4, 0.5) is 0 Å². The molecule has 0 bridgehead atoms. The zero-order chi connectivity index (χ0) is 18.1. The van der Waals surface area contributed by atoms with Gasteiger partial charge in [0.15, 0.2) is 0 Å². The summed E-state index contributed by atoms with van der Waals surface area (Å²) < 4.78 is 36.8. The number of ether oxygens (including phenoxy) is 1. The number of piperazine rings is 1. The number of aryl methyl sites for hydroxylation is 2. The van der Waals surface area contributed by atoms with E-state index in [-0.39, 0.29) is 60.7 Å². The van der Waals surface area contributed by atoms with Crippen molar-refractivity contribution in [2.45, 2.75) is 18.7 Å². The van der Waals surface area contributed by atoms with E-state index in [4.69, 9.17) is 9.15 Å². The maximum atomic E-state index is 12.8. The van der Waals surface area contributed by atoms with Crippen molar-refractivity contribution in [2.75, 3.05) is 39.9 Å². The van der Waals surface area contributed by atoms with Gasteiger partial charge < -0.3 is 19.2 Å². The minimum atomic E-state index is -4.02. The number of rotatable bonds is 5. The molecule has 1 aromatic heterocycles. The first-order valence-corrected chi connectivity index (χ1v) is 8.74. The zero-order valence-corrected chi connectivity index (χ0v) is 14.6. The van der Waals surface area contributed by atoms with Crippen LogP contribution in [0.1, 0.15) is 21.9 Å². The summed E-state index contributed by atoms with van der Waals surface area (Å²) in [5.41, 5.74) is -0.342. The van der Waals surface area contributed by atoms with Crippen LogP contribution in [0.2, 0.25) is 0 Å². The highest BCUT2D eigenvalue weighted by molar-refractivity contribution is 7.89. The molecule has 1 aliphatic heterocycles. The van der Waals surface area contributed by atoms with Gasteiger partial charge in [-0.05, 0) is 13.8 Å². The average molecular weight is 360 g/mol. The van der Waals surface area contributed by atoms with Gasteiger partial charge in [-0.2, -0.15) is 4.31 Å². The van der Waals surface area contributed by atoms with E-state index in [0.29, 0.717) is 0 Å². The van der Waals surface area contributed by atoms with Gasteiger partial charge in [0, 0.05) is 33.3 Å². The summed E-state index contributed by atoms with van der Waals surface area (Å²) in [4.78, 5) is 24.4. The Morgan fingerprint density at radius 3 is 2.25 bits per heavy atom. The summed E-state index contributed by atoms with van der Waals surface area (Å²) in [5.74, 6) is -1.47. The van der Waals surface area contributed by atoms with Crippen LogP contribution in [-0.2, 0) is 19.6 Å². The number of sulfonamides is 1. The van der Waals surface area contributed by atoms with E-state index in [1.807, 2.05) is 0 Å². The van der Waals surface area contributed by atoms with Crippen molar-refractivity contribution in [3.63, 3.8) is 0 Å². The second-order valence-corrected chi connectivity index (χ2v) is 7.32. The molecule has 134 valence electrons. The molecule has 1 fully saturated rings. The van der Waals surface area contributed by atoms with Crippen molar-refractivity contribution in [2.24, 2.45) is 0 Å².